The molecule has 106 valence electrons. The molecule has 0 aromatic carbocycles. The van der Waals surface area contributed by atoms with Crippen LogP contribution in [0.2, 0.25) is 5.15 Å². The van der Waals surface area contributed by atoms with E-state index in [4.69, 9.17) is 11.6 Å². The number of hydrogen-bond acceptors (Lipinski definition) is 6. The van der Waals surface area contributed by atoms with Gasteiger partial charge >= 0.3 is 0 Å². The zero-order chi connectivity index (χ0) is 13.8. The van der Waals surface area contributed by atoms with E-state index in [2.05, 4.69) is 36.2 Å². The number of piperidine rings is 1. The van der Waals surface area contributed by atoms with Crippen LogP contribution >= 0.6 is 11.6 Å². The number of aromatic nitrogens is 5. The molecule has 0 atom stereocenters. The van der Waals surface area contributed by atoms with Crippen LogP contribution in [0.3, 0.4) is 0 Å². The summed E-state index contributed by atoms with van der Waals surface area (Å²) in [4.78, 5) is 4.33. The summed E-state index contributed by atoms with van der Waals surface area (Å²) in [7, 11) is 0. The lowest BCUT2D eigenvalue weighted by Gasteiger charge is -2.23. The van der Waals surface area contributed by atoms with Crippen LogP contribution in [0.25, 0.3) is 11.4 Å². The van der Waals surface area contributed by atoms with E-state index in [-0.39, 0.29) is 0 Å². The molecule has 2 aromatic rings. The number of nitrogens with one attached hydrogen (secondary N) is 3. The molecule has 8 heteroatoms. The minimum Gasteiger partial charge on any atom is -0.317 e. The molecule has 0 bridgehead atoms. The highest BCUT2D eigenvalue weighted by Crippen LogP contribution is 2.19. The molecule has 2 aromatic heterocycles. The van der Waals surface area contributed by atoms with Crippen LogP contribution in [0.5, 0.6) is 0 Å². The zero-order valence-electron chi connectivity index (χ0n) is 10.9. The van der Waals surface area contributed by atoms with E-state index >= 15 is 0 Å². The van der Waals surface area contributed by atoms with Crippen molar-refractivity contribution in [3.05, 3.63) is 23.0 Å². The number of H-pyrrole nitrogens is 1. The van der Waals surface area contributed by atoms with Gasteiger partial charge in [-0.1, -0.05) is 11.6 Å². The monoisotopic (exact) mass is 293 g/mol. The Morgan fingerprint density at radius 3 is 2.90 bits per heavy atom. The first kappa shape index (κ1) is 13.4. The Balaban J connectivity index is 1.69. The molecule has 20 heavy (non-hydrogen) atoms. The average molecular weight is 294 g/mol. The highest BCUT2D eigenvalue weighted by molar-refractivity contribution is 6.29. The predicted octanol–water partition coefficient (Wildman–Crippen LogP) is 0.757. The number of tetrazole rings is 1. The number of hydrogen-bond donors (Lipinski definition) is 3. The van der Waals surface area contributed by atoms with Crippen molar-refractivity contribution < 1.29 is 0 Å². The molecule has 0 radical (unpaired) electrons. The molecule has 0 spiro atoms. The van der Waals surface area contributed by atoms with Gasteiger partial charge < -0.3 is 10.6 Å². The molecule has 7 nitrogen and oxygen atoms in total. The molecule has 3 heterocycles. The molecular formula is C12H16ClN7. The quantitative estimate of drug-likeness (QED) is 0.721. The Bertz CT molecular complexity index is 551. The maximum absolute atomic E-state index is 6.05. The lowest BCUT2D eigenvalue weighted by Crippen LogP contribution is -2.39. The first-order valence-corrected chi connectivity index (χ1v) is 7.03. The molecule has 3 rings (SSSR count). The van der Waals surface area contributed by atoms with Crippen LogP contribution in [0, 0.1) is 0 Å². The van der Waals surface area contributed by atoms with Gasteiger partial charge in [0, 0.05) is 18.2 Å². The highest BCUT2D eigenvalue weighted by Gasteiger charge is 2.13. The second-order valence-electron chi connectivity index (χ2n) is 4.81. The highest BCUT2D eigenvalue weighted by atomic mass is 35.5. The van der Waals surface area contributed by atoms with E-state index in [1.807, 2.05) is 6.07 Å². The average Bonchev–Trinajstić information content (AvgIpc) is 3.00. The fourth-order valence-corrected chi connectivity index (χ4v) is 2.56. The van der Waals surface area contributed by atoms with Gasteiger partial charge in [0.15, 0.2) is 0 Å². The SMILES string of the molecule is Clc1cc(-c2nn[nH]n2)cc(CNC2CCNCC2)n1. The Morgan fingerprint density at radius 2 is 2.15 bits per heavy atom. The van der Waals surface area contributed by atoms with Gasteiger partial charge in [-0.2, -0.15) is 5.21 Å². The van der Waals surface area contributed by atoms with Crippen molar-refractivity contribution in [2.45, 2.75) is 25.4 Å². The summed E-state index contributed by atoms with van der Waals surface area (Å²) in [5.74, 6) is 0.525. The van der Waals surface area contributed by atoms with Gasteiger partial charge in [-0.15, -0.1) is 10.2 Å². The topological polar surface area (TPSA) is 91.4 Å². The first-order valence-electron chi connectivity index (χ1n) is 6.65. The fourth-order valence-electron chi connectivity index (χ4n) is 2.33. The van der Waals surface area contributed by atoms with E-state index in [1.54, 1.807) is 6.07 Å². The summed E-state index contributed by atoms with van der Waals surface area (Å²) < 4.78 is 0. The summed E-state index contributed by atoms with van der Waals surface area (Å²) in [6, 6.07) is 4.20. The van der Waals surface area contributed by atoms with Crippen LogP contribution in [0.4, 0.5) is 0 Å². The Morgan fingerprint density at radius 1 is 1.30 bits per heavy atom. The third kappa shape index (κ3) is 3.30. The Hall–Kier alpha value is -1.57. The van der Waals surface area contributed by atoms with Gasteiger partial charge in [-0.3, -0.25) is 0 Å². The number of halogens is 1. The fraction of sp³-hybridized carbons (Fsp3) is 0.500. The number of nitrogens with zero attached hydrogens (tertiary/aromatic N) is 4. The normalized spacial score (nSPS) is 16.4. The summed E-state index contributed by atoms with van der Waals surface area (Å²) in [5, 5.41) is 21.2. The molecule has 1 fully saturated rings. The molecule has 1 saturated heterocycles. The van der Waals surface area contributed by atoms with E-state index in [1.165, 1.54) is 0 Å². The van der Waals surface area contributed by atoms with Crippen molar-refractivity contribution in [3.63, 3.8) is 0 Å². The van der Waals surface area contributed by atoms with Crippen molar-refractivity contribution in [1.82, 2.24) is 36.2 Å². The lowest BCUT2D eigenvalue weighted by atomic mass is 10.1. The van der Waals surface area contributed by atoms with Gasteiger partial charge in [-0.05, 0) is 43.3 Å². The molecule has 1 aliphatic heterocycles. The predicted molar refractivity (Wildman–Crippen MR) is 75.2 cm³/mol. The maximum Gasteiger partial charge on any atom is 0.204 e. The molecule has 0 amide bonds. The van der Waals surface area contributed by atoms with Crippen molar-refractivity contribution in [2.75, 3.05) is 13.1 Å². The van der Waals surface area contributed by atoms with Gasteiger partial charge in [0.25, 0.3) is 0 Å². The third-order valence-electron chi connectivity index (χ3n) is 3.36. The van der Waals surface area contributed by atoms with Crippen LogP contribution < -0.4 is 10.6 Å². The van der Waals surface area contributed by atoms with Gasteiger partial charge in [0.2, 0.25) is 5.82 Å². The summed E-state index contributed by atoms with van der Waals surface area (Å²) in [6.07, 6.45) is 2.27. The van der Waals surface area contributed by atoms with Crippen molar-refractivity contribution >= 4 is 11.6 Å². The van der Waals surface area contributed by atoms with Crippen LogP contribution in [0.1, 0.15) is 18.5 Å². The number of pyridine rings is 1. The smallest absolute Gasteiger partial charge is 0.204 e. The Labute approximate surface area is 121 Å². The zero-order valence-corrected chi connectivity index (χ0v) is 11.7. The minimum atomic E-state index is 0.439. The van der Waals surface area contributed by atoms with E-state index in [9.17, 15) is 0 Å². The van der Waals surface area contributed by atoms with E-state index < -0.39 is 0 Å². The van der Waals surface area contributed by atoms with Gasteiger partial charge in [0.1, 0.15) is 5.15 Å². The van der Waals surface area contributed by atoms with Gasteiger partial charge in [0.05, 0.1) is 5.69 Å². The van der Waals surface area contributed by atoms with Crippen molar-refractivity contribution in [1.29, 1.82) is 0 Å². The standard InChI is InChI=1S/C12H16ClN7/c13-11-6-8(12-17-19-20-18-12)5-10(16-11)7-15-9-1-3-14-4-2-9/h5-6,9,14-15H,1-4,7H2,(H,17,18,19,20). The largest absolute Gasteiger partial charge is 0.317 e. The molecule has 3 N–H and O–H groups in total. The molecule has 0 saturated carbocycles. The number of aromatic amines is 1. The molecular weight excluding hydrogens is 278 g/mol. The van der Waals surface area contributed by atoms with E-state index in [0.29, 0.717) is 23.6 Å². The maximum atomic E-state index is 6.05. The molecule has 0 aliphatic carbocycles. The molecule has 0 unspecified atom stereocenters. The second-order valence-corrected chi connectivity index (χ2v) is 5.20. The molecule has 1 aliphatic rings. The van der Waals surface area contributed by atoms with Crippen molar-refractivity contribution in [3.8, 4) is 11.4 Å². The summed E-state index contributed by atoms with van der Waals surface area (Å²) in [5.41, 5.74) is 1.71. The first-order chi connectivity index (χ1) is 9.81. The Kier molecular flexibility index (Phi) is 4.19. The lowest BCUT2D eigenvalue weighted by molar-refractivity contribution is 0.385. The van der Waals surface area contributed by atoms with E-state index in [0.717, 1.165) is 37.2 Å². The number of rotatable bonds is 4. The minimum absolute atomic E-state index is 0.439. The van der Waals surface area contributed by atoms with Crippen LogP contribution in [-0.4, -0.2) is 44.7 Å². The van der Waals surface area contributed by atoms with Crippen LogP contribution in [0.15, 0.2) is 12.1 Å². The summed E-state index contributed by atoms with van der Waals surface area (Å²) >= 11 is 6.05. The summed E-state index contributed by atoms with van der Waals surface area (Å²) in [6.45, 7) is 2.82. The second kappa shape index (κ2) is 6.25. The third-order valence-corrected chi connectivity index (χ3v) is 3.56. The van der Waals surface area contributed by atoms with Gasteiger partial charge in [-0.25, -0.2) is 4.98 Å². The van der Waals surface area contributed by atoms with Crippen molar-refractivity contribution in [2.24, 2.45) is 0 Å². The van der Waals surface area contributed by atoms with Crippen LogP contribution in [-0.2, 0) is 6.54 Å².